The van der Waals surface area contributed by atoms with Crippen LogP contribution in [0.25, 0.3) is 11.1 Å². The summed E-state index contributed by atoms with van der Waals surface area (Å²) in [6.45, 7) is 13.1. The zero-order valence-corrected chi connectivity index (χ0v) is 17.7. The standard InChI is InChI=1S/C19H21F.C6H15N/c1-4-8-19(18-12-6-5-9-14(18)2)15(3)16-10-7-11-17(20)13-16;1-3-5-7-6-4-2/h5-7,9-13H,4,8H2,1-3H3;7H,3-6H2,1-2H3/b19-15+;. The van der Waals surface area contributed by atoms with Gasteiger partial charge in [0.15, 0.2) is 0 Å². The number of hydrogen-bond donors (Lipinski definition) is 1. The van der Waals surface area contributed by atoms with Gasteiger partial charge in [0.1, 0.15) is 5.82 Å². The number of nitrogens with one attached hydrogen (secondary N) is 1. The second-order valence-electron chi connectivity index (χ2n) is 6.93. The van der Waals surface area contributed by atoms with Crippen molar-refractivity contribution in [1.82, 2.24) is 5.32 Å². The summed E-state index contributed by atoms with van der Waals surface area (Å²) in [7, 11) is 0. The molecule has 2 aromatic rings. The van der Waals surface area contributed by atoms with E-state index in [9.17, 15) is 4.39 Å². The van der Waals surface area contributed by atoms with E-state index in [4.69, 9.17) is 0 Å². The molecule has 0 fully saturated rings. The number of hydrogen-bond acceptors (Lipinski definition) is 1. The fourth-order valence-electron chi connectivity index (χ4n) is 3.06. The summed E-state index contributed by atoms with van der Waals surface area (Å²) in [6, 6.07) is 15.3. The Hall–Kier alpha value is -1.93. The highest BCUT2D eigenvalue weighted by Gasteiger charge is 2.09. The molecule has 0 saturated heterocycles. The Morgan fingerprint density at radius 3 is 2.11 bits per heavy atom. The minimum absolute atomic E-state index is 0.178. The molecule has 2 heteroatoms. The van der Waals surface area contributed by atoms with Crippen LogP contribution in [0.3, 0.4) is 0 Å². The van der Waals surface area contributed by atoms with Crippen LogP contribution >= 0.6 is 0 Å². The molecular weight excluding hydrogens is 333 g/mol. The fourth-order valence-corrected chi connectivity index (χ4v) is 3.06. The lowest BCUT2D eigenvalue weighted by Gasteiger charge is -2.15. The van der Waals surface area contributed by atoms with Gasteiger partial charge in [0.2, 0.25) is 0 Å². The van der Waals surface area contributed by atoms with Crippen molar-refractivity contribution in [2.75, 3.05) is 13.1 Å². The molecule has 0 amide bonds. The van der Waals surface area contributed by atoms with Crippen molar-refractivity contribution >= 4 is 11.1 Å². The van der Waals surface area contributed by atoms with E-state index in [0.29, 0.717) is 0 Å². The van der Waals surface area contributed by atoms with Gasteiger partial charge >= 0.3 is 0 Å². The fraction of sp³-hybridized carbons (Fsp3) is 0.440. The van der Waals surface area contributed by atoms with Crippen LogP contribution in [0.15, 0.2) is 48.5 Å². The van der Waals surface area contributed by atoms with Crippen LogP contribution in [-0.4, -0.2) is 13.1 Å². The first-order valence-corrected chi connectivity index (χ1v) is 10.3. The molecule has 0 bridgehead atoms. The van der Waals surface area contributed by atoms with Crippen LogP contribution in [0.2, 0.25) is 0 Å². The molecule has 1 nitrogen and oxygen atoms in total. The smallest absolute Gasteiger partial charge is 0.123 e. The molecule has 0 unspecified atom stereocenters. The van der Waals surface area contributed by atoms with E-state index < -0.39 is 0 Å². The van der Waals surface area contributed by atoms with Gasteiger partial charge in [-0.3, -0.25) is 0 Å². The maximum Gasteiger partial charge on any atom is 0.123 e. The van der Waals surface area contributed by atoms with Crippen LogP contribution in [0.1, 0.15) is 70.1 Å². The largest absolute Gasteiger partial charge is 0.317 e. The van der Waals surface area contributed by atoms with E-state index in [0.717, 1.165) is 18.4 Å². The Bertz CT molecular complexity index is 699. The quantitative estimate of drug-likeness (QED) is 0.381. The highest BCUT2D eigenvalue weighted by Crippen LogP contribution is 2.31. The van der Waals surface area contributed by atoms with Crippen LogP contribution in [0.5, 0.6) is 0 Å². The average Bonchev–Trinajstić information content (AvgIpc) is 2.67. The van der Waals surface area contributed by atoms with Gasteiger partial charge in [-0.05, 0) is 86.2 Å². The molecule has 0 radical (unpaired) electrons. The van der Waals surface area contributed by atoms with E-state index in [-0.39, 0.29) is 5.82 Å². The van der Waals surface area contributed by atoms with E-state index in [2.05, 4.69) is 64.2 Å². The molecule has 148 valence electrons. The first kappa shape index (κ1) is 23.1. The van der Waals surface area contributed by atoms with Crippen molar-refractivity contribution in [2.45, 2.75) is 60.3 Å². The Morgan fingerprint density at radius 1 is 0.889 bits per heavy atom. The van der Waals surface area contributed by atoms with Crippen molar-refractivity contribution < 1.29 is 4.39 Å². The zero-order valence-electron chi connectivity index (χ0n) is 17.7. The van der Waals surface area contributed by atoms with Gasteiger partial charge in [0, 0.05) is 0 Å². The van der Waals surface area contributed by atoms with Crippen LogP contribution in [0, 0.1) is 12.7 Å². The number of benzene rings is 2. The SMILES string of the molecule is CCC/C(=C(/C)c1cccc(F)c1)c1ccccc1C.CCCNCCC. The molecule has 2 rings (SSSR count). The molecule has 2 aromatic carbocycles. The maximum absolute atomic E-state index is 13.4. The third kappa shape index (κ3) is 8.09. The van der Waals surface area contributed by atoms with E-state index in [1.165, 1.54) is 54.3 Å². The Labute approximate surface area is 165 Å². The predicted octanol–water partition coefficient (Wildman–Crippen LogP) is 7.26. The number of allylic oxidation sites excluding steroid dienone is 2. The Morgan fingerprint density at radius 2 is 1.56 bits per heavy atom. The molecule has 0 aliphatic carbocycles. The molecule has 0 aliphatic rings. The first-order valence-electron chi connectivity index (χ1n) is 10.3. The summed E-state index contributed by atoms with van der Waals surface area (Å²) >= 11 is 0. The predicted molar refractivity (Wildman–Crippen MR) is 118 cm³/mol. The lowest BCUT2D eigenvalue weighted by molar-refractivity contribution is 0.627. The summed E-state index contributed by atoms with van der Waals surface area (Å²) < 4.78 is 13.4. The molecule has 0 saturated carbocycles. The van der Waals surface area contributed by atoms with Gasteiger partial charge < -0.3 is 5.32 Å². The molecule has 0 aromatic heterocycles. The normalized spacial score (nSPS) is 11.5. The van der Waals surface area contributed by atoms with Crippen molar-refractivity contribution in [3.8, 4) is 0 Å². The highest BCUT2D eigenvalue weighted by molar-refractivity contribution is 5.90. The molecular formula is C25H36FN. The average molecular weight is 370 g/mol. The lowest BCUT2D eigenvalue weighted by Crippen LogP contribution is -2.14. The van der Waals surface area contributed by atoms with Crippen molar-refractivity contribution in [2.24, 2.45) is 0 Å². The van der Waals surface area contributed by atoms with Crippen LogP contribution in [0.4, 0.5) is 4.39 Å². The van der Waals surface area contributed by atoms with Gasteiger partial charge in [-0.2, -0.15) is 0 Å². The third-order valence-corrected chi connectivity index (χ3v) is 4.53. The topological polar surface area (TPSA) is 12.0 Å². The monoisotopic (exact) mass is 369 g/mol. The molecule has 1 N–H and O–H groups in total. The summed E-state index contributed by atoms with van der Waals surface area (Å²) in [5.41, 5.74) is 6.00. The Kier molecular flexibility index (Phi) is 11.4. The highest BCUT2D eigenvalue weighted by atomic mass is 19.1. The number of rotatable bonds is 8. The first-order chi connectivity index (χ1) is 13.0. The lowest BCUT2D eigenvalue weighted by atomic mass is 9.90. The number of aryl methyl sites for hydroxylation is 1. The molecule has 0 atom stereocenters. The third-order valence-electron chi connectivity index (χ3n) is 4.53. The zero-order chi connectivity index (χ0) is 20.1. The van der Waals surface area contributed by atoms with E-state index in [1.807, 2.05) is 6.07 Å². The summed E-state index contributed by atoms with van der Waals surface area (Å²) in [4.78, 5) is 0. The maximum atomic E-state index is 13.4. The minimum atomic E-state index is -0.178. The van der Waals surface area contributed by atoms with Crippen molar-refractivity contribution in [3.05, 3.63) is 71.0 Å². The van der Waals surface area contributed by atoms with E-state index >= 15 is 0 Å². The van der Waals surface area contributed by atoms with Gasteiger partial charge in [-0.15, -0.1) is 0 Å². The molecule has 0 spiro atoms. The second-order valence-corrected chi connectivity index (χ2v) is 6.93. The van der Waals surface area contributed by atoms with Gasteiger partial charge in [0.25, 0.3) is 0 Å². The van der Waals surface area contributed by atoms with Crippen LogP contribution in [-0.2, 0) is 0 Å². The van der Waals surface area contributed by atoms with Crippen molar-refractivity contribution in [3.63, 3.8) is 0 Å². The molecule has 0 heterocycles. The van der Waals surface area contributed by atoms with Gasteiger partial charge in [-0.1, -0.05) is 63.6 Å². The number of halogens is 1. The summed E-state index contributed by atoms with van der Waals surface area (Å²) in [6.07, 6.45) is 4.59. The summed E-state index contributed by atoms with van der Waals surface area (Å²) in [5.74, 6) is -0.178. The van der Waals surface area contributed by atoms with Gasteiger partial charge in [-0.25, -0.2) is 4.39 Å². The molecule has 27 heavy (non-hydrogen) atoms. The Balaban J connectivity index is 0.000000445. The van der Waals surface area contributed by atoms with Crippen LogP contribution < -0.4 is 5.32 Å². The molecule has 0 aliphatic heterocycles. The van der Waals surface area contributed by atoms with E-state index in [1.54, 1.807) is 12.1 Å². The van der Waals surface area contributed by atoms with Gasteiger partial charge in [0.05, 0.1) is 0 Å². The van der Waals surface area contributed by atoms with Crippen molar-refractivity contribution in [1.29, 1.82) is 0 Å². The summed E-state index contributed by atoms with van der Waals surface area (Å²) in [5, 5.41) is 3.28. The second kappa shape index (κ2) is 13.3. The minimum Gasteiger partial charge on any atom is -0.317 e.